The van der Waals surface area contributed by atoms with Gasteiger partial charge in [-0.25, -0.2) is 0 Å². The van der Waals surface area contributed by atoms with E-state index < -0.39 is 19.0 Å². The lowest BCUT2D eigenvalue weighted by molar-refractivity contribution is -0.153. The maximum atomic E-state index is 14.1. The molecule has 1 unspecified atom stereocenters. The second kappa shape index (κ2) is 12.0. The molecule has 10 rings (SSSR count). The SMILES string of the molecule is C=CC(O)N1CC2(CCN(c3nc(O[C@H]4C[C@H](N5CC6(CC6)C5)C4)nc4c(OCC(F)(F)F)c(-c5c(C)ccc6[nH]ncc56)c(C5CC5)cc34)CC2)C1. The highest BCUT2D eigenvalue weighted by atomic mass is 19.4. The Morgan fingerprint density at radius 1 is 1.02 bits per heavy atom. The number of aromatic amines is 1. The highest BCUT2D eigenvalue weighted by Crippen LogP contribution is 2.56. The summed E-state index contributed by atoms with van der Waals surface area (Å²) in [6.07, 6.45) is 6.18. The zero-order chi connectivity index (χ0) is 36.3. The first kappa shape index (κ1) is 33.6. The molecule has 4 aromatic rings. The molecular weight excluding hydrogens is 683 g/mol. The van der Waals surface area contributed by atoms with Gasteiger partial charge in [-0.1, -0.05) is 12.6 Å². The number of benzene rings is 2. The summed E-state index contributed by atoms with van der Waals surface area (Å²) in [6.45, 7) is 9.67. The molecule has 2 N–H and O–H groups in total. The van der Waals surface area contributed by atoms with Crippen LogP contribution in [-0.4, -0.2) is 105 Å². The van der Waals surface area contributed by atoms with E-state index in [2.05, 4.69) is 32.6 Å². The first-order valence-electron chi connectivity index (χ1n) is 19.2. The van der Waals surface area contributed by atoms with Gasteiger partial charge >= 0.3 is 12.2 Å². The summed E-state index contributed by atoms with van der Waals surface area (Å²) >= 11 is 0. The molecule has 280 valence electrons. The number of hydrogen-bond donors (Lipinski definition) is 2. The lowest BCUT2D eigenvalue weighted by Crippen LogP contribution is -2.62. The van der Waals surface area contributed by atoms with Crippen LogP contribution in [0, 0.1) is 17.8 Å². The van der Waals surface area contributed by atoms with Gasteiger partial charge in [0.2, 0.25) is 0 Å². The minimum atomic E-state index is -4.56. The normalized spacial score (nSPS) is 25.6. The maximum Gasteiger partial charge on any atom is 0.422 e. The summed E-state index contributed by atoms with van der Waals surface area (Å²) < 4.78 is 54.7. The third kappa shape index (κ3) is 5.94. The van der Waals surface area contributed by atoms with Gasteiger partial charge < -0.3 is 19.5 Å². The fourth-order valence-corrected chi connectivity index (χ4v) is 9.55. The molecule has 10 nitrogen and oxygen atoms in total. The van der Waals surface area contributed by atoms with Gasteiger partial charge in [0, 0.05) is 74.5 Å². The number of nitrogens with zero attached hydrogens (tertiary/aromatic N) is 6. The fraction of sp³-hybridized carbons (Fsp3) is 0.575. The predicted octanol–water partition coefficient (Wildman–Crippen LogP) is 6.71. The molecule has 3 saturated heterocycles. The predicted molar refractivity (Wildman–Crippen MR) is 195 cm³/mol. The Labute approximate surface area is 306 Å². The minimum absolute atomic E-state index is 0.0606. The van der Waals surface area contributed by atoms with Crippen LogP contribution in [0.15, 0.2) is 37.1 Å². The van der Waals surface area contributed by atoms with Crippen LogP contribution in [0.2, 0.25) is 0 Å². The second-order valence-electron chi connectivity index (χ2n) is 17.0. The molecular formula is C40H46F3N7O3. The van der Waals surface area contributed by atoms with Gasteiger partial charge in [0.15, 0.2) is 12.4 Å². The molecule has 3 aliphatic heterocycles. The maximum absolute atomic E-state index is 14.1. The first-order valence-corrected chi connectivity index (χ1v) is 19.2. The lowest BCUT2D eigenvalue weighted by atomic mass is 9.72. The van der Waals surface area contributed by atoms with Crippen molar-refractivity contribution in [3.63, 3.8) is 0 Å². The third-order valence-electron chi connectivity index (χ3n) is 13.1. The molecule has 3 saturated carbocycles. The topological polar surface area (TPSA) is 103 Å². The van der Waals surface area contributed by atoms with Gasteiger partial charge in [-0.15, -0.1) is 0 Å². The summed E-state index contributed by atoms with van der Waals surface area (Å²) in [7, 11) is 0. The van der Waals surface area contributed by atoms with E-state index in [0.29, 0.717) is 33.7 Å². The number of halogens is 3. The van der Waals surface area contributed by atoms with Crippen molar-refractivity contribution in [1.29, 1.82) is 0 Å². The molecule has 2 aromatic heterocycles. The molecule has 5 heterocycles. The average molecular weight is 730 g/mol. The van der Waals surface area contributed by atoms with Gasteiger partial charge in [-0.3, -0.25) is 14.9 Å². The highest BCUT2D eigenvalue weighted by Gasteiger charge is 2.55. The van der Waals surface area contributed by atoms with E-state index in [-0.39, 0.29) is 29.2 Å². The molecule has 6 aliphatic rings. The summed E-state index contributed by atoms with van der Waals surface area (Å²) in [5, 5.41) is 19.1. The molecule has 0 radical (unpaired) electrons. The Kier molecular flexibility index (Phi) is 7.63. The van der Waals surface area contributed by atoms with E-state index in [1.54, 1.807) is 12.3 Å². The van der Waals surface area contributed by atoms with Crippen molar-refractivity contribution >= 4 is 27.6 Å². The van der Waals surface area contributed by atoms with Crippen LogP contribution in [0.25, 0.3) is 32.9 Å². The van der Waals surface area contributed by atoms with E-state index >= 15 is 0 Å². The summed E-state index contributed by atoms with van der Waals surface area (Å²) in [5.74, 6) is 0.980. The van der Waals surface area contributed by atoms with Crippen LogP contribution >= 0.6 is 0 Å². The zero-order valence-corrected chi connectivity index (χ0v) is 30.1. The number of alkyl halides is 3. The molecule has 0 amide bonds. The number of aliphatic hydroxyl groups is 1. The molecule has 6 fully saturated rings. The number of piperidine rings is 1. The summed E-state index contributed by atoms with van der Waals surface area (Å²) in [5.41, 5.74) is 5.15. The molecule has 2 aromatic carbocycles. The number of ether oxygens (including phenoxy) is 2. The van der Waals surface area contributed by atoms with Crippen LogP contribution in [0.1, 0.15) is 68.4 Å². The van der Waals surface area contributed by atoms with Crippen LogP contribution in [0.3, 0.4) is 0 Å². The van der Waals surface area contributed by atoms with Crippen molar-refractivity contribution in [3.05, 3.63) is 48.2 Å². The van der Waals surface area contributed by atoms with Crippen molar-refractivity contribution < 1.29 is 27.8 Å². The number of aryl methyl sites for hydroxylation is 1. The molecule has 2 spiro atoms. The van der Waals surface area contributed by atoms with E-state index in [1.807, 2.05) is 24.0 Å². The smallest absolute Gasteiger partial charge is 0.422 e. The number of anilines is 1. The number of fused-ring (bicyclic) bond motifs is 2. The first-order chi connectivity index (χ1) is 25.5. The molecule has 3 aliphatic carbocycles. The van der Waals surface area contributed by atoms with E-state index in [1.165, 1.54) is 25.9 Å². The van der Waals surface area contributed by atoms with Crippen LogP contribution < -0.4 is 14.4 Å². The summed E-state index contributed by atoms with van der Waals surface area (Å²) in [4.78, 5) is 16.9. The van der Waals surface area contributed by atoms with Gasteiger partial charge in [0.05, 0.1) is 11.7 Å². The molecule has 53 heavy (non-hydrogen) atoms. The summed E-state index contributed by atoms with van der Waals surface area (Å²) in [6, 6.07) is 6.71. The zero-order valence-electron chi connectivity index (χ0n) is 30.1. The van der Waals surface area contributed by atoms with Gasteiger partial charge in [0.25, 0.3) is 0 Å². The van der Waals surface area contributed by atoms with Crippen molar-refractivity contribution in [3.8, 4) is 22.9 Å². The largest absolute Gasteiger partial charge is 0.481 e. The van der Waals surface area contributed by atoms with Gasteiger partial charge in [-0.05, 0) is 97.1 Å². The number of H-pyrrole nitrogens is 1. The quantitative estimate of drug-likeness (QED) is 0.173. The monoisotopic (exact) mass is 729 g/mol. The number of likely N-dealkylation sites (tertiary alicyclic amines) is 2. The Morgan fingerprint density at radius 3 is 2.43 bits per heavy atom. The van der Waals surface area contributed by atoms with E-state index in [0.717, 1.165) is 92.3 Å². The van der Waals surface area contributed by atoms with Crippen LogP contribution in [0.4, 0.5) is 19.0 Å². The average Bonchev–Trinajstić information content (AvgIpc) is 4.03. The molecule has 1 atom stereocenters. The second-order valence-corrected chi connectivity index (χ2v) is 17.0. The number of rotatable bonds is 10. The number of aliphatic hydroxyl groups excluding tert-OH is 1. The minimum Gasteiger partial charge on any atom is -0.481 e. The van der Waals surface area contributed by atoms with Crippen molar-refractivity contribution in [2.45, 2.75) is 88.8 Å². The van der Waals surface area contributed by atoms with Gasteiger partial charge in [-0.2, -0.15) is 28.2 Å². The standard InChI is InChI=1S/C40H46F3N7O3/c1-3-31(51)50-20-39(21-50)10-12-48(13-11-39)36-28-16-27(24-5-6-24)33(32-23(2)4-7-30-29(32)17-44-47-30)35(52-22-40(41,42)43)34(28)45-37(46-36)53-26-14-25(15-26)49-18-38(19-49)8-9-38/h3-4,7,16-17,24-26,31,51H,1,5-6,8-15,18-22H2,2H3,(H,44,47)/t25-,26-,31?. The Balaban J connectivity index is 1.07. The molecule has 13 heteroatoms. The van der Waals surface area contributed by atoms with Crippen LogP contribution in [-0.2, 0) is 0 Å². The Morgan fingerprint density at radius 2 is 1.75 bits per heavy atom. The van der Waals surface area contributed by atoms with Crippen LogP contribution in [0.5, 0.6) is 11.8 Å². The highest BCUT2D eigenvalue weighted by molar-refractivity contribution is 6.06. The Hall–Kier alpha value is -3.94. The Bertz CT molecular complexity index is 2080. The number of nitrogens with one attached hydrogen (secondary N) is 1. The van der Waals surface area contributed by atoms with E-state index in [4.69, 9.17) is 19.4 Å². The molecule has 0 bridgehead atoms. The third-order valence-corrected chi connectivity index (χ3v) is 13.1. The fourth-order valence-electron chi connectivity index (χ4n) is 9.55. The van der Waals surface area contributed by atoms with Crippen molar-refractivity contribution in [2.24, 2.45) is 10.8 Å². The van der Waals surface area contributed by atoms with Gasteiger partial charge in [0.1, 0.15) is 23.7 Å². The lowest BCUT2D eigenvalue weighted by Gasteiger charge is -2.55. The van der Waals surface area contributed by atoms with E-state index in [9.17, 15) is 18.3 Å². The number of aromatic nitrogens is 4. The van der Waals surface area contributed by atoms with Crippen molar-refractivity contribution in [2.75, 3.05) is 50.8 Å². The van der Waals surface area contributed by atoms with Crippen molar-refractivity contribution in [1.82, 2.24) is 30.0 Å². The number of hydrogen-bond acceptors (Lipinski definition) is 9.